The molecule has 0 spiro atoms. The molecule has 1 aliphatic rings. The van der Waals surface area contributed by atoms with Crippen LogP contribution in [0.25, 0.3) is 0 Å². The Labute approximate surface area is 169 Å². The van der Waals surface area contributed by atoms with E-state index in [4.69, 9.17) is 4.99 Å². The van der Waals surface area contributed by atoms with Crippen LogP contribution in [0.3, 0.4) is 0 Å². The number of piperazine rings is 1. The number of pyridine rings is 1. The largest absolute Gasteiger partial charge is 0.357 e. The summed E-state index contributed by atoms with van der Waals surface area (Å²) in [6, 6.07) is 6.03. The molecule has 1 aromatic rings. The maximum atomic E-state index is 4.70. The Balaban J connectivity index is 0.00000312. The minimum Gasteiger partial charge on any atom is -0.357 e. The molecule has 0 unspecified atom stereocenters. The third-order valence-corrected chi connectivity index (χ3v) is 4.34. The summed E-state index contributed by atoms with van der Waals surface area (Å²) in [5.41, 5.74) is 1.11. The molecule has 142 valence electrons. The van der Waals surface area contributed by atoms with E-state index in [-0.39, 0.29) is 24.0 Å². The van der Waals surface area contributed by atoms with Crippen molar-refractivity contribution in [2.75, 3.05) is 58.9 Å². The highest BCUT2D eigenvalue weighted by Crippen LogP contribution is 2.00. The molecule has 2 heterocycles. The molecule has 0 atom stereocenters. The number of hydrogen-bond donors (Lipinski definition) is 2. The quantitative estimate of drug-likeness (QED) is 0.350. The van der Waals surface area contributed by atoms with Gasteiger partial charge in [-0.25, -0.2) is 0 Å². The highest BCUT2D eigenvalue weighted by atomic mass is 127. The molecule has 0 bridgehead atoms. The van der Waals surface area contributed by atoms with Crippen LogP contribution < -0.4 is 10.6 Å². The molecule has 1 aliphatic heterocycles. The number of rotatable bonds is 8. The van der Waals surface area contributed by atoms with E-state index in [2.05, 4.69) is 45.3 Å². The average Bonchev–Trinajstić information content (AvgIpc) is 2.63. The van der Waals surface area contributed by atoms with Crippen LogP contribution in [0.5, 0.6) is 0 Å². The standard InChI is InChI=1S/C18H32N6.HI/c1-3-19-18(21-10-8-17-7-5-6-9-20-17)22-11-12-24-15-13-23(4-2)14-16-24;/h5-7,9H,3-4,8,10-16H2,1-2H3,(H2,19,21,22);1H. The first kappa shape index (κ1) is 22.1. The topological polar surface area (TPSA) is 55.8 Å². The highest BCUT2D eigenvalue weighted by molar-refractivity contribution is 14.0. The number of guanidine groups is 1. The molecule has 0 aromatic carbocycles. The Bertz CT molecular complexity index is 474. The van der Waals surface area contributed by atoms with Crippen LogP contribution in [0.2, 0.25) is 0 Å². The van der Waals surface area contributed by atoms with Crippen LogP contribution in [0.4, 0.5) is 0 Å². The van der Waals surface area contributed by atoms with E-state index in [9.17, 15) is 0 Å². The number of aromatic nitrogens is 1. The molecule has 2 N–H and O–H groups in total. The van der Waals surface area contributed by atoms with Crippen LogP contribution in [0, 0.1) is 0 Å². The third kappa shape index (κ3) is 8.82. The summed E-state index contributed by atoms with van der Waals surface area (Å²) in [5.74, 6) is 0.903. The Hall–Kier alpha value is -0.930. The Morgan fingerprint density at radius 2 is 1.88 bits per heavy atom. The zero-order valence-electron chi connectivity index (χ0n) is 15.6. The number of aliphatic imine (C=N–C) groups is 1. The fraction of sp³-hybridized carbons (Fsp3) is 0.667. The molecule has 1 aromatic heterocycles. The Kier molecular flexibility index (Phi) is 11.8. The molecule has 0 saturated carbocycles. The zero-order chi connectivity index (χ0) is 17.0. The maximum absolute atomic E-state index is 4.70. The van der Waals surface area contributed by atoms with E-state index in [0.29, 0.717) is 0 Å². The lowest BCUT2D eigenvalue weighted by Gasteiger charge is -2.33. The van der Waals surface area contributed by atoms with Gasteiger partial charge in [0.15, 0.2) is 5.96 Å². The van der Waals surface area contributed by atoms with Crippen LogP contribution in [0.15, 0.2) is 29.4 Å². The van der Waals surface area contributed by atoms with Gasteiger partial charge in [0.05, 0.1) is 6.54 Å². The van der Waals surface area contributed by atoms with Crippen molar-refractivity contribution in [2.45, 2.75) is 20.3 Å². The number of nitrogens with one attached hydrogen (secondary N) is 2. The number of halogens is 1. The van der Waals surface area contributed by atoms with Gasteiger partial charge in [-0.2, -0.15) is 0 Å². The van der Waals surface area contributed by atoms with Crippen molar-refractivity contribution < 1.29 is 0 Å². The summed E-state index contributed by atoms with van der Waals surface area (Å²) in [7, 11) is 0. The molecule has 1 fully saturated rings. The lowest BCUT2D eigenvalue weighted by molar-refractivity contribution is 0.140. The van der Waals surface area contributed by atoms with Crippen molar-refractivity contribution in [1.29, 1.82) is 0 Å². The first-order chi connectivity index (χ1) is 11.8. The lowest BCUT2D eigenvalue weighted by Crippen LogP contribution is -2.47. The molecule has 0 amide bonds. The van der Waals surface area contributed by atoms with Crippen LogP contribution in [-0.2, 0) is 6.42 Å². The smallest absolute Gasteiger partial charge is 0.191 e. The minimum atomic E-state index is 0. The first-order valence-corrected chi connectivity index (χ1v) is 9.18. The normalized spacial score (nSPS) is 16.3. The number of hydrogen-bond acceptors (Lipinski definition) is 4. The van der Waals surface area contributed by atoms with Crippen LogP contribution >= 0.6 is 24.0 Å². The maximum Gasteiger partial charge on any atom is 0.191 e. The summed E-state index contributed by atoms with van der Waals surface area (Å²) in [6.45, 7) is 13.8. The second-order valence-electron chi connectivity index (χ2n) is 6.03. The molecule has 2 rings (SSSR count). The van der Waals surface area contributed by atoms with Crippen molar-refractivity contribution in [3.05, 3.63) is 30.1 Å². The molecule has 25 heavy (non-hydrogen) atoms. The van der Waals surface area contributed by atoms with Gasteiger partial charge in [0.25, 0.3) is 0 Å². The van der Waals surface area contributed by atoms with E-state index in [1.165, 1.54) is 13.1 Å². The molecule has 0 radical (unpaired) electrons. The van der Waals surface area contributed by atoms with Crippen molar-refractivity contribution in [2.24, 2.45) is 4.99 Å². The van der Waals surface area contributed by atoms with Gasteiger partial charge >= 0.3 is 0 Å². The molecule has 6 nitrogen and oxygen atoms in total. The van der Waals surface area contributed by atoms with E-state index in [1.54, 1.807) is 0 Å². The van der Waals surface area contributed by atoms with Crippen LogP contribution in [-0.4, -0.2) is 79.6 Å². The van der Waals surface area contributed by atoms with Gasteiger partial charge in [-0.1, -0.05) is 13.0 Å². The predicted octanol–water partition coefficient (Wildman–Crippen LogP) is 1.43. The van der Waals surface area contributed by atoms with Gasteiger partial charge in [0.1, 0.15) is 0 Å². The summed E-state index contributed by atoms with van der Waals surface area (Å²) >= 11 is 0. The van der Waals surface area contributed by atoms with Crippen molar-refractivity contribution in [3.63, 3.8) is 0 Å². The molecular formula is C18H33IN6. The number of nitrogens with zero attached hydrogens (tertiary/aromatic N) is 4. The SMILES string of the molecule is CCNC(=NCCN1CCN(CC)CC1)NCCc1ccccn1.I. The first-order valence-electron chi connectivity index (χ1n) is 9.18. The monoisotopic (exact) mass is 460 g/mol. The summed E-state index contributed by atoms with van der Waals surface area (Å²) < 4.78 is 0. The fourth-order valence-corrected chi connectivity index (χ4v) is 2.83. The summed E-state index contributed by atoms with van der Waals surface area (Å²) in [4.78, 5) is 14.1. The molecule has 0 aliphatic carbocycles. The second kappa shape index (κ2) is 13.3. The van der Waals surface area contributed by atoms with E-state index < -0.39 is 0 Å². The predicted molar refractivity (Wildman–Crippen MR) is 116 cm³/mol. The number of likely N-dealkylation sites (N-methyl/N-ethyl adjacent to an activating group) is 1. The lowest BCUT2D eigenvalue weighted by atomic mass is 10.3. The molecular weight excluding hydrogens is 427 g/mol. The van der Waals surface area contributed by atoms with Gasteiger partial charge in [0, 0.05) is 64.1 Å². The molecule has 7 heteroatoms. The van der Waals surface area contributed by atoms with Crippen molar-refractivity contribution >= 4 is 29.9 Å². The highest BCUT2D eigenvalue weighted by Gasteiger charge is 2.14. The molecule has 1 saturated heterocycles. The average molecular weight is 460 g/mol. The van der Waals surface area contributed by atoms with Gasteiger partial charge in [-0.3, -0.25) is 14.9 Å². The Morgan fingerprint density at radius 3 is 2.52 bits per heavy atom. The zero-order valence-corrected chi connectivity index (χ0v) is 17.9. The van der Waals surface area contributed by atoms with Gasteiger partial charge in [-0.15, -0.1) is 24.0 Å². The van der Waals surface area contributed by atoms with E-state index >= 15 is 0 Å². The minimum absolute atomic E-state index is 0. The summed E-state index contributed by atoms with van der Waals surface area (Å²) in [5, 5.41) is 6.71. The Morgan fingerprint density at radius 1 is 1.12 bits per heavy atom. The van der Waals surface area contributed by atoms with Gasteiger partial charge < -0.3 is 15.5 Å². The van der Waals surface area contributed by atoms with Crippen molar-refractivity contribution in [3.8, 4) is 0 Å². The van der Waals surface area contributed by atoms with E-state index in [0.717, 1.165) is 63.9 Å². The third-order valence-electron chi connectivity index (χ3n) is 4.34. The van der Waals surface area contributed by atoms with Gasteiger partial charge in [0.2, 0.25) is 0 Å². The van der Waals surface area contributed by atoms with Crippen molar-refractivity contribution in [1.82, 2.24) is 25.4 Å². The summed E-state index contributed by atoms with van der Waals surface area (Å²) in [6.07, 6.45) is 2.75. The van der Waals surface area contributed by atoms with E-state index in [1.807, 2.05) is 18.3 Å². The van der Waals surface area contributed by atoms with Gasteiger partial charge in [-0.05, 0) is 25.6 Å². The second-order valence-corrected chi connectivity index (χ2v) is 6.03. The van der Waals surface area contributed by atoms with Crippen LogP contribution in [0.1, 0.15) is 19.5 Å². The fourth-order valence-electron chi connectivity index (χ4n) is 2.83.